The van der Waals surface area contributed by atoms with E-state index in [4.69, 9.17) is 0 Å². The quantitative estimate of drug-likeness (QED) is 0.877. The first-order valence-electron chi connectivity index (χ1n) is 8.25. The minimum absolute atomic E-state index is 0.0663. The van der Waals surface area contributed by atoms with Crippen molar-refractivity contribution in [2.45, 2.75) is 38.3 Å². The molecule has 0 radical (unpaired) electrons. The molecule has 1 aliphatic rings. The number of nitrogens with one attached hydrogen (secondary N) is 1. The lowest BCUT2D eigenvalue weighted by atomic mass is 9.97. The number of hydrogen-bond acceptors (Lipinski definition) is 3. The fraction of sp³-hybridized carbons (Fsp3) is 0.368. The number of thiophene rings is 1. The summed E-state index contributed by atoms with van der Waals surface area (Å²) >= 11 is 1.69. The molecule has 24 heavy (non-hydrogen) atoms. The number of hydrogen-bond donors (Lipinski definition) is 1. The second kappa shape index (κ2) is 7.18. The lowest BCUT2D eigenvalue weighted by Gasteiger charge is -2.34. The summed E-state index contributed by atoms with van der Waals surface area (Å²) in [7, 11) is 0. The van der Waals surface area contributed by atoms with Crippen LogP contribution in [-0.4, -0.2) is 28.8 Å². The van der Waals surface area contributed by atoms with Crippen molar-refractivity contribution in [1.82, 2.24) is 10.2 Å². The number of amides is 2. The van der Waals surface area contributed by atoms with E-state index < -0.39 is 5.54 Å². The normalized spacial score (nSPS) is 20.4. The van der Waals surface area contributed by atoms with E-state index in [1.807, 2.05) is 48.7 Å². The summed E-state index contributed by atoms with van der Waals surface area (Å²) in [6.45, 7) is 2.96. The van der Waals surface area contributed by atoms with Crippen LogP contribution in [0.3, 0.4) is 0 Å². The van der Waals surface area contributed by atoms with Gasteiger partial charge in [-0.25, -0.2) is 0 Å². The molecule has 0 saturated carbocycles. The van der Waals surface area contributed by atoms with Gasteiger partial charge < -0.3 is 10.2 Å². The predicted molar refractivity (Wildman–Crippen MR) is 95.7 cm³/mol. The molecule has 3 rings (SSSR count). The summed E-state index contributed by atoms with van der Waals surface area (Å²) in [6, 6.07) is 13.9. The number of benzene rings is 1. The fourth-order valence-electron chi connectivity index (χ4n) is 3.15. The molecule has 1 saturated heterocycles. The van der Waals surface area contributed by atoms with Gasteiger partial charge >= 0.3 is 0 Å². The van der Waals surface area contributed by atoms with E-state index >= 15 is 0 Å². The van der Waals surface area contributed by atoms with Crippen LogP contribution < -0.4 is 5.32 Å². The van der Waals surface area contributed by atoms with Crippen LogP contribution in [0.1, 0.15) is 30.2 Å². The monoisotopic (exact) mass is 342 g/mol. The predicted octanol–water partition coefficient (Wildman–Crippen LogP) is 2.99. The third kappa shape index (κ3) is 3.51. The fourth-order valence-corrected chi connectivity index (χ4v) is 3.85. The van der Waals surface area contributed by atoms with Gasteiger partial charge in [0.25, 0.3) is 0 Å². The van der Waals surface area contributed by atoms with E-state index in [0.29, 0.717) is 25.9 Å². The molecule has 126 valence electrons. The van der Waals surface area contributed by atoms with Crippen LogP contribution in [0.25, 0.3) is 0 Å². The molecule has 0 spiro atoms. The van der Waals surface area contributed by atoms with E-state index in [0.717, 1.165) is 12.0 Å². The van der Waals surface area contributed by atoms with Crippen molar-refractivity contribution < 1.29 is 9.59 Å². The lowest BCUT2D eigenvalue weighted by Crippen LogP contribution is -2.54. The molecule has 4 nitrogen and oxygen atoms in total. The molecule has 2 amide bonds. The van der Waals surface area contributed by atoms with Gasteiger partial charge in [-0.2, -0.15) is 0 Å². The first-order valence-corrected chi connectivity index (χ1v) is 9.12. The topological polar surface area (TPSA) is 49.4 Å². The van der Waals surface area contributed by atoms with Crippen LogP contribution in [0.15, 0.2) is 47.8 Å². The Bertz CT molecular complexity index is 699. The summed E-state index contributed by atoms with van der Waals surface area (Å²) in [4.78, 5) is 28.0. The molecule has 1 atom stereocenters. The second-order valence-electron chi connectivity index (χ2n) is 6.32. The number of carbonyl (C=O) groups is 2. The van der Waals surface area contributed by atoms with Gasteiger partial charge in [-0.3, -0.25) is 9.59 Å². The zero-order valence-electron chi connectivity index (χ0n) is 13.8. The van der Waals surface area contributed by atoms with Gasteiger partial charge in [0.05, 0.1) is 0 Å². The van der Waals surface area contributed by atoms with Crippen LogP contribution in [0.5, 0.6) is 0 Å². The molecular formula is C19H22N2O2S. The second-order valence-corrected chi connectivity index (χ2v) is 7.35. The Balaban J connectivity index is 1.64. The third-order valence-electron chi connectivity index (χ3n) is 4.67. The molecule has 2 heterocycles. The van der Waals surface area contributed by atoms with Crippen LogP contribution in [-0.2, 0) is 22.6 Å². The van der Waals surface area contributed by atoms with Crippen LogP contribution >= 0.6 is 11.3 Å². The highest BCUT2D eigenvalue weighted by Crippen LogP contribution is 2.30. The van der Waals surface area contributed by atoms with Crippen LogP contribution in [0.4, 0.5) is 0 Å². The van der Waals surface area contributed by atoms with Crippen molar-refractivity contribution in [1.29, 1.82) is 0 Å². The molecule has 0 bridgehead atoms. The number of nitrogens with zero attached hydrogens (tertiary/aromatic N) is 1. The Hall–Kier alpha value is -2.14. The molecule has 0 aliphatic carbocycles. The molecule has 1 N–H and O–H groups in total. The highest BCUT2D eigenvalue weighted by atomic mass is 32.1. The molecule has 1 fully saturated rings. The number of likely N-dealkylation sites (tertiary alicyclic amines) is 1. The highest BCUT2D eigenvalue weighted by molar-refractivity contribution is 7.09. The average Bonchev–Trinajstić information content (AvgIpc) is 3.21. The zero-order valence-corrected chi connectivity index (χ0v) is 14.6. The Morgan fingerprint density at radius 1 is 1.25 bits per heavy atom. The number of rotatable bonds is 6. The lowest BCUT2D eigenvalue weighted by molar-refractivity contribution is -0.140. The molecule has 1 aromatic carbocycles. The van der Waals surface area contributed by atoms with Crippen LogP contribution in [0.2, 0.25) is 0 Å². The Morgan fingerprint density at radius 3 is 2.75 bits per heavy atom. The summed E-state index contributed by atoms with van der Waals surface area (Å²) in [5, 5.41) is 5.03. The van der Waals surface area contributed by atoms with E-state index in [-0.39, 0.29) is 11.8 Å². The Kier molecular flexibility index (Phi) is 5.00. The van der Waals surface area contributed by atoms with Crippen molar-refractivity contribution in [2.24, 2.45) is 0 Å². The molecule has 1 aliphatic heterocycles. The Labute approximate surface area is 146 Å². The van der Waals surface area contributed by atoms with Gasteiger partial charge in [0.2, 0.25) is 11.8 Å². The van der Waals surface area contributed by atoms with Crippen molar-refractivity contribution in [3.05, 3.63) is 58.3 Å². The maximum Gasteiger partial charge on any atom is 0.245 e. The van der Waals surface area contributed by atoms with Crippen molar-refractivity contribution >= 4 is 23.2 Å². The first-order chi connectivity index (χ1) is 11.6. The summed E-state index contributed by atoms with van der Waals surface area (Å²) in [6.07, 6.45) is 1.82. The van der Waals surface area contributed by atoms with Gasteiger partial charge in [-0.15, -0.1) is 11.3 Å². The highest BCUT2D eigenvalue weighted by Gasteiger charge is 2.46. The van der Waals surface area contributed by atoms with E-state index in [2.05, 4.69) is 11.4 Å². The average molecular weight is 342 g/mol. The minimum atomic E-state index is -0.747. The van der Waals surface area contributed by atoms with Gasteiger partial charge in [0, 0.05) is 24.4 Å². The largest absolute Gasteiger partial charge is 0.350 e. The molecule has 0 unspecified atom stereocenters. The zero-order chi connectivity index (χ0) is 17.0. The maximum atomic E-state index is 12.8. The van der Waals surface area contributed by atoms with Crippen molar-refractivity contribution in [3.63, 3.8) is 0 Å². The van der Waals surface area contributed by atoms with Crippen molar-refractivity contribution in [2.75, 3.05) is 6.54 Å². The van der Waals surface area contributed by atoms with Gasteiger partial charge in [-0.1, -0.05) is 36.4 Å². The summed E-state index contributed by atoms with van der Waals surface area (Å²) in [5.74, 6) is 0.00676. The summed E-state index contributed by atoms with van der Waals surface area (Å²) in [5.41, 5.74) is 0.312. The van der Waals surface area contributed by atoms with E-state index in [1.54, 1.807) is 16.2 Å². The summed E-state index contributed by atoms with van der Waals surface area (Å²) < 4.78 is 0. The minimum Gasteiger partial charge on any atom is -0.350 e. The van der Waals surface area contributed by atoms with E-state index in [1.165, 1.54) is 4.88 Å². The third-order valence-corrected chi connectivity index (χ3v) is 5.61. The first kappa shape index (κ1) is 16.7. The Morgan fingerprint density at radius 2 is 2.04 bits per heavy atom. The number of carbonyl (C=O) groups excluding carboxylic acids is 2. The van der Waals surface area contributed by atoms with Gasteiger partial charge in [0.15, 0.2) is 0 Å². The smallest absolute Gasteiger partial charge is 0.245 e. The SMILES string of the molecule is C[C@@]1(C(=O)NCc2ccccc2)CCC(=O)N1CCc1cccs1. The van der Waals surface area contributed by atoms with Crippen LogP contribution in [0, 0.1) is 0 Å². The molecular weight excluding hydrogens is 320 g/mol. The van der Waals surface area contributed by atoms with Crippen molar-refractivity contribution in [3.8, 4) is 0 Å². The van der Waals surface area contributed by atoms with E-state index in [9.17, 15) is 9.59 Å². The molecule has 2 aromatic rings. The van der Waals surface area contributed by atoms with Gasteiger partial charge in [0.1, 0.15) is 5.54 Å². The standard InChI is InChI=1S/C19H22N2O2S/c1-19(18(23)20-14-15-6-3-2-4-7-15)11-9-17(22)21(19)12-10-16-8-5-13-24-16/h2-8,13H,9-12,14H2,1H3,(H,20,23)/t19-/m0/s1. The maximum absolute atomic E-state index is 12.8. The van der Waals surface area contributed by atoms with Gasteiger partial charge in [-0.05, 0) is 36.8 Å². The molecule has 1 aromatic heterocycles. The molecule has 5 heteroatoms.